The molecule has 0 aliphatic rings. The van der Waals surface area contributed by atoms with Crippen molar-refractivity contribution in [1.82, 2.24) is 4.98 Å². The molecule has 98 valence electrons. The summed E-state index contributed by atoms with van der Waals surface area (Å²) in [4.78, 5) is 4.36. The van der Waals surface area contributed by atoms with E-state index in [0.29, 0.717) is 22.6 Å². The molecule has 0 saturated heterocycles. The van der Waals surface area contributed by atoms with Crippen molar-refractivity contribution in [2.45, 2.75) is 13.3 Å². The number of aryl methyl sites for hydroxylation is 1. The van der Waals surface area contributed by atoms with Gasteiger partial charge in [0, 0.05) is 11.1 Å². The second-order valence-electron chi connectivity index (χ2n) is 4.63. The van der Waals surface area contributed by atoms with Crippen LogP contribution < -0.4 is 0 Å². The van der Waals surface area contributed by atoms with E-state index in [1.54, 1.807) is 12.1 Å². The lowest BCUT2D eigenvalue weighted by Crippen LogP contribution is -1.89. The zero-order valence-corrected chi connectivity index (χ0v) is 10.9. The van der Waals surface area contributed by atoms with Gasteiger partial charge in [0.05, 0.1) is 12.5 Å². The van der Waals surface area contributed by atoms with Crippen molar-refractivity contribution < 1.29 is 8.81 Å². The van der Waals surface area contributed by atoms with Crippen molar-refractivity contribution in [3.63, 3.8) is 0 Å². The zero-order chi connectivity index (χ0) is 14.1. The van der Waals surface area contributed by atoms with Crippen LogP contribution in [0.15, 0.2) is 40.8 Å². The number of nitriles is 1. The summed E-state index contributed by atoms with van der Waals surface area (Å²) in [5.41, 5.74) is 3.46. The number of hydrogen-bond donors (Lipinski definition) is 0. The first-order valence-corrected chi connectivity index (χ1v) is 6.20. The van der Waals surface area contributed by atoms with E-state index in [-0.39, 0.29) is 6.42 Å². The summed E-state index contributed by atoms with van der Waals surface area (Å²) in [6.45, 7) is 1.98. The Hall–Kier alpha value is -2.67. The van der Waals surface area contributed by atoms with Gasteiger partial charge in [-0.05, 0) is 36.8 Å². The Morgan fingerprint density at radius 3 is 2.85 bits per heavy atom. The molecule has 4 heteroatoms. The molecule has 0 atom stereocenters. The number of fused-ring (bicyclic) bond motifs is 1. The molecule has 0 spiro atoms. The summed E-state index contributed by atoms with van der Waals surface area (Å²) in [5, 5.41) is 8.60. The fourth-order valence-corrected chi connectivity index (χ4v) is 2.07. The summed E-state index contributed by atoms with van der Waals surface area (Å²) < 4.78 is 19.4. The van der Waals surface area contributed by atoms with Gasteiger partial charge in [0.2, 0.25) is 5.89 Å². The maximum Gasteiger partial charge on any atom is 0.227 e. The molecule has 0 bridgehead atoms. The first-order valence-electron chi connectivity index (χ1n) is 6.20. The van der Waals surface area contributed by atoms with E-state index in [1.165, 1.54) is 6.07 Å². The number of aromatic nitrogens is 1. The highest BCUT2D eigenvalue weighted by Crippen LogP contribution is 2.26. The van der Waals surface area contributed by atoms with Gasteiger partial charge in [-0.3, -0.25) is 0 Å². The van der Waals surface area contributed by atoms with Gasteiger partial charge >= 0.3 is 0 Å². The van der Waals surface area contributed by atoms with Gasteiger partial charge in [0.25, 0.3) is 0 Å². The molecule has 0 aliphatic heterocycles. The Morgan fingerprint density at radius 1 is 1.25 bits per heavy atom. The molecule has 3 rings (SSSR count). The van der Waals surface area contributed by atoms with E-state index in [0.717, 1.165) is 11.1 Å². The maximum atomic E-state index is 13.8. The SMILES string of the molecule is Cc1ccc2oc(-c3ccc(CC#N)c(F)c3)nc2c1. The smallest absolute Gasteiger partial charge is 0.227 e. The number of nitrogens with zero attached hydrogens (tertiary/aromatic N) is 2. The monoisotopic (exact) mass is 266 g/mol. The van der Waals surface area contributed by atoms with Crippen molar-refractivity contribution >= 4 is 11.1 Å². The van der Waals surface area contributed by atoms with Crippen LogP contribution in [-0.4, -0.2) is 4.98 Å². The van der Waals surface area contributed by atoms with Gasteiger partial charge in [-0.15, -0.1) is 0 Å². The van der Waals surface area contributed by atoms with E-state index in [2.05, 4.69) is 4.98 Å². The quantitative estimate of drug-likeness (QED) is 0.704. The molecule has 0 aliphatic carbocycles. The van der Waals surface area contributed by atoms with Gasteiger partial charge in [-0.1, -0.05) is 12.1 Å². The molecule has 20 heavy (non-hydrogen) atoms. The van der Waals surface area contributed by atoms with Crippen LogP contribution in [0.1, 0.15) is 11.1 Å². The highest BCUT2D eigenvalue weighted by atomic mass is 19.1. The molecule has 1 heterocycles. The lowest BCUT2D eigenvalue weighted by Gasteiger charge is -2.00. The van der Waals surface area contributed by atoms with Crippen LogP contribution in [0, 0.1) is 24.1 Å². The Kier molecular flexibility index (Phi) is 2.96. The Bertz CT molecular complexity index is 830. The van der Waals surface area contributed by atoms with Gasteiger partial charge < -0.3 is 4.42 Å². The standard InChI is InChI=1S/C16H11FN2O/c1-10-2-5-15-14(8-10)19-16(20-15)12-4-3-11(6-7-18)13(17)9-12/h2-5,8-9H,6H2,1H3. The molecule has 0 fully saturated rings. The van der Waals surface area contributed by atoms with Crippen molar-refractivity contribution in [2.24, 2.45) is 0 Å². The molecule has 0 saturated carbocycles. The first kappa shape index (κ1) is 12.4. The summed E-state index contributed by atoms with van der Waals surface area (Å²) in [5.74, 6) is -0.0319. The van der Waals surface area contributed by atoms with Crippen LogP contribution in [0.25, 0.3) is 22.6 Å². The molecule has 0 unspecified atom stereocenters. The normalized spacial score (nSPS) is 10.7. The molecular weight excluding hydrogens is 255 g/mol. The molecule has 3 nitrogen and oxygen atoms in total. The largest absolute Gasteiger partial charge is 0.436 e. The molecule has 0 amide bonds. The fraction of sp³-hybridized carbons (Fsp3) is 0.125. The molecule has 0 radical (unpaired) electrons. The summed E-state index contributed by atoms with van der Waals surface area (Å²) >= 11 is 0. The average molecular weight is 266 g/mol. The predicted octanol–water partition coefficient (Wildman–Crippen LogP) is 4.01. The number of oxazole rings is 1. The third-order valence-electron chi connectivity index (χ3n) is 3.11. The van der Waals surface area contributed by atoms with Crippen molar-refractivity contribution in [3.8, 4) is 17.5 Å². The lowest BCUT2D eigenvalue weighted by atomic mass is 10.1. The van der Waals surface area contributed by atoms with E-state index in [9.17, 15) is 4.39 Å². The molecular formula is C16H11FN2O. The van der Waals surface area contributed by atoms with Crippen LogP contribution in [0.2, 0.25) is 0 Å². The second kappa shape index (κ2) is 4.78. The molecule has 3 aromatic rings. The minimum absolute atomic E-state index is 0.0544. The maximum absolute atomic E-state index is 13.8. The van der Waals surface area contributed by atoms with Gasteiger partial charge in [-0.2, -0.15) is 5.26 Å². The number of halogens is 1. The molecule has 2 aromatic carbocycles. The van der Waals surface area contributed by atoms with E-state index < -0.39 is 5.82 Å². The Balaban J connectivity index is 2.07. The third-order valence-corrected chi connectivity index (χ3v) is 3.11. The minimum atomic E-state index is -0.414. The van der Waals surface area contributed by atoms with Crippen LogP contribution in [0.3, 0.4) is 0 Å². The van der Waals surface area contributed by atoms with Crippen LogP contribution in [-0.2, 0) is 6.42 Å². The van der Waals surface area contributed by atoms with Gasteiger partial charge in [-0.25, -0.2) is 9.37 Å². The van der Waals surface area contributed by atoms with Crippen LogP contribution in [0.5, 0.6) is 0 Å². The topological polar surface area (TPSA) is 49.8 Å². The van der Waals surface area contributed by atoms with E-state index in [1.807, 2.05) is 31.2 Å². The first-order chi connectivity index (χ1) is 9.67. The highest BCUT2D eigenvalue weighted by molar-refractivity contribution is 5.76. The minimum Gasteiger partial charge on any atom is -0.436 e. The van der Waals surface area contributed by atoms with E-state index >= 15 is 0 Å². The van der Waals surface area contributed by atoms with Crippen molar-refractivity contribution in [2.75, 3.05) is 0 Å². The molecule has 1 aromatic heterocycles. The summed E-state index contributed by atoms with van der Waals surface area (Å²) in [6, 6.07) is 12.3. The number of benzene rings is 2. The predicted molar refractivity (Wildman–Crippen MR) is 73.5 cm³/mol. The van der Waals surface area contributed by atoms with Crippen molar-refractivity contribution in [3.05, 3.63) is 53.3 Å². The number of rotatable bonds is 2. The lowest BCUT2D eigenvalue weighted by molar-refractivity contribution is 0.605. The number of hydrogen-bond acceptors (Lipinski definition) is 3. The van der Waals surface area contributed by atoms with Crippen molar-refractivity contribution in [1.29, 1.82) is 5.26 Å². The van der Waals surface area contributed by atoms with Gasteiger partial charge in [0.1, 0.15) is 11.3 Å². The zero-order valence-electron chi connectivity index (χ0n) is 10.9. The highest BCUT2D eigenvalue weighted by Gasteiger charge is 2.11. The Morgan fingerprint density at radius 2 is 2.10 bits per heavy atom. The van der Waals surface area contributed by atoms with Crippen LogP contribution >= 0.6 is 0 Å². The Labute approximate surface area is 115 Å². The second-order valence-corrected chi connectivity index (χ2v) is 4.63. The van der Waals surface area contributed by atoms with Gasteiger partial charge in [0.15, 0.2) is 5.58 Å². The fourth-order valence-electron chi connectivity index (χ4n) is 2.07. The average Bonchev–Trinajstić information content (AvgIpc) is 2.84. The molecule has 0 N–H and O–H groups in total. The van der Waals surface area contributed by atoms with E-state index in [4.69, 9.17) is 9.68 Å². The summed E-state index contributed by atoms with van der Waals surface area (Å²) in [7, 11) is 0. The summed E-state index contributed by atoms with van der Waals surface area (Å²) in [6.07, 6.45) is 0.0544. The van der Waals surface area contributed by atoms with Crippen LogP contribution in [0.4, 0.5) is 4.39 Å². The third kappa shape index (κ3) is 2.14.